The summed E-state index contributed by atoms with van der Waals surface area (Å²) in [4.78, 5) is 0. The van der Waals surface area contributed by atoms with Crippen LogP contribution in [0.3, 0.4) is 0 Å². The van der Waals surface area contributed by atoms with Gasteiger partial charge in [-0.15, -0.1) is 0 Å². The monoisotopic (exact) mass is 216 g/mol. The third-order valence-electron chi connectivity index (χ3n) is 2.42. The summed E-state index contributed by atoms with van der Waals surface area (Å²) in [5.41, 5.74) is 6.05. The lowest BCUT2D eigenvalue weighted by Gasteiger charge is -1.99. The van der Waals surface area contributed by atoms with E-state index < -0.39 is 9.84 Å². The van der Waals surface area contributed by atoms with Crippen LogP contribution in [-0.2, 0) is 16.4 Å². The number of hydrogen-bond donors (Lipinski definition) is 1. The lowest BCUT2D eigenvalue weighted by Crippen LogP contribution is -2.03. The molecule has 0 spiro atoms. The zero-order valence-corrected chi connectivity index (χ0v) is 8.46. The molecule has 78 valence electrons. The van der Waals surface area contributed by atoms with Crippen LogP contribution >= 0.6 is 0 Å². The molecule has 6 heteroatoms. The Bertz CT molecular complexity index is 424. The molecule has 0 aliphatic carbocycles. The van der Waals surface area contributed by atoms with E-state index in [0.717, 1.165) is 0 Å². The van der Waals surface area contributed by atoms with Gasteiger partial charge in [0, 0.05) is 18.5 Å². The fourth-order valence-corrected chi connectivity index (χ4v) is 3.39. The number of sulfone groups is 1. The Labute approximate surface area is 82.2 Å². The second kappa shape index (κ2) is 3.36. The molecule has 2 N–H and O–H groups in total. The minimum absolute atomic E-state index is 0.0344. The Balaban J connectivity index is 2.17. The lowest BCUT2D eigenvalue weighted by atomic mass is 10.1. The third-order valence-corrected chi connectivity index (χ3v) is 4.19. The van der Waals surface area contributed by atoms with Crippen molar-refractivity contribution in [3.63, 3.8) is 0 Å². The van der Waals surface area contributed by atoms with E-state index in [9.17, 15) is 8.42 Å². The van der Waals surface area contributed by atoms with Crippen LogP contribution in [0.2, 0.25) is 0 Å². The Morgan fingerprint density at radius 2 is 2.43 bits per heavy atom. The quantitative estimate of drug-likeness (QED) is 0.754. The first-order valence-corrected chi connectivity index (χ1v) is 6.29. The maximum atomic E-state index is 11.2. The van der Waals surface area contributed by atoms with Gasteiger partial charge in [-0.25, -0.2) is 8.42 Å². The van der Waals surface area contributed by atoms with E-state index in [1.807, 2.05) is 0 Å². The van der Waals surface area contributed by atoms with Crippen LogP contribution in [0.15, 0.2) is 10.6 Å². The highest BCUT2D eigenvalue weighted by Gasteiger charge is 2.31. The fourth-order valence-electron chi connectivity index (χ4n) is 1.64. The van der Waals surface area contributed by atoms with Gasteiger partial charge in [-0.1, -0.05) is 5.16 Å². The summed E-state index contributed by atoms with van der Waals surface area (Å²) >= 11 is 0. The number of aromatic nitrogens is 1. The molecule has 0 radical (unpaired) electrons. The van der Waals surface area contributed by atoms with Gasteiger partial charge < -0.3 is 10.3 Å². The van der Waals surface area contributed by atoms with Gasteiger partial charge in [0.25, 0.3) is 0 Å². The van der Waals surface area contributed by atoms with Crippen LogP contribution in [-0.4, -0.2) is 25.1 Å². The molecule has 0 bridgehead atoms. The molecule has 0 saturated carbocycles. The number of nitrogens with zero attached hydrogens (tertiary/aromatic N) is 1. The summed E-state index contributed by atoms with van der Waals surface area (Å²) < 4.78 is 27.4. The van der Waals surface area contributed by atoms with Crippen molar-refractivity contribution < 1.29 is 12.9 Å². The van der Waals surface area contributed by atoms with Crippen molar-refractivity contribution >= 4 is 9.84 Å². The van der Waals surface area contributed by atoms with Gasteiger partial charge in [0.15, 0.2) is 9.84 Å². The molecule has 1 aromatic rings. The zero-order chi connectivity index (χ0) is 10.2. The molecule has 14 heavy (non-hydrogen) atoms. The second-order valence-electron chi connectivity index (χ2n) is 3.52. The molecule has 2 rings (SSSR count). The summed E-state index contributed by atoms with van der Waals surface area (Å²) in [6.07, 6.45) is 0.627. The van der Waals surface area contributed by atoms with Crippen molar-refractivity contribution in [3.05, 3.63) is 17.5 Å². The van der Waals surface area contributed by atoms with E-state index in [4.69, 9.17) is 10.3 Å². The molecular formula is C8H12N2O3S. The predicted molar refractivity (Wildman–Crippen MR) is 50.4 cm³/mol. The van der Waals surface area contributed by atoms with Crippen LogP contribution in [0.1, 0.15) is 23.8 Å². The van der Waals surface area contributed by atoms with E-state index >= 15 is 0 Å². The maximum Gasteiger partial charge on any atom is 0.151 e. The zero-order valence-electron chi connectivity index (χ0n) is 7.64. The first-order valence-electron chi connectivity index (χ1n) is 4.47. The van der Waals surface area contributed by atoms with Crippen molar-refractivity contribution in [2.75, 3.05) is 11.5 Å². The van der Waals surface area contributed by atoms with Gasteiger partial charge in [-0.2, -0.15) is 0 Å². The number of hydrogen-bond acceptors (Lipinski definition) is 5. The highest BCUT2D eigenvalue weighted by atomic mass is 32.2. The van der Waals surface area contributed by atoms with E-state index in [2.05, 4.69) is 5.16 Å². The summed E-state index contributed by atoms with van der Waals surface area (Å²) in [6.45, 7) is 0.322. The van der Waals surface area contributed by atoms with Gasteiger partial charge in [-0.3, -0.25) is 0 Å². The van der Waals surface area contributed by atoms with Crippen LogP contribution in [0.5, 0.6) is 0 Å². The molecule has 1 aliphatic heterocycles. The van der Waals surface area contributed by atoms with Gasteiger partial charge in [0.2, 0.25) is 0 Å². The van der Waals surface area contributed by atoms with Crippen LogP contribution in [0.4, 0.5) is 0 Å². The lowest BCUT2D eigenvalue weighted by molar-refractivity contribution is 0.362. The standard InChI is InChI=1S/C8H12N2O3S/c9-4-7-3-8(13-10-7)6-1-2-14(11,12)5-6/h3,6H,1-2,4-5,9H2. The molecule has 1 saturated heterocycles. The van der Waals surface area contributed by atoms with Crippen LogP contribution in [0.25, 0.3) is 0 Å². The molecule has 5 nitrogen and oxygen atoms in total. The highest BCUT2D eigenvalue weighted by Crippen LogP contribution is 2.28. The minimum atomic E-state index is -2.86. The number of rotatable bonds is 2. The Kier molecular flexibility index (Phi) is 2.32. The first kappa shape index (κ1) is 9.67. The van der Waals surface area contributed by atoms with Crippen molar-refractivity contribution in [2.45, 2.75) is 18.9 Å². The van der Waals surface area contributed by atoms with Crippen molar-refractivity contribution in [3.8, 4) is 0 Å². The topological polar surface area (TPSA) is 86.2 Å². The molecule has 1 aromatic heterocycles. The van der Waals surface area contributed by atoms with E-state index in [-0.39, 0.29) is 17.4 Å². The Morgan fingerprint density at radius 3 is 2.93 bits per heavy atom. The Morgan fingerprint density at radius 1 is 1.64 bits per heavy atom. The summed E-state index contributed by atoms with van der Waals surface area (Å²) in [5.74, 6) is 1.03. The number of nitrogens with two attached hydrogens (primary N) is 1. The average molecular weight is 216 g/mol. The first-order chi connectivity index (χ1) is 6.61. The van der Waals surface area contributed by atoms with Crippen molar-refractivity contribution in [1.29, 1.82) is 0 Å². The van der Waals surface area contributed by atoms with Gasteiger partial charge in [0.1, 0.15) is 5.76 Å². The smallest absolute Gasteiger partial charge is 0.151 e. The average Bonchev–Trinajstić information content (AvgIpc) is 2.70. The normalized spacial score (nSPS) is 25.4. The summed E-state index contributed by atoms with van der Waals surface area (Å²) in [7, 11) is -2.86. The highest BCUT2D eigenvalue weighted by molar-refractivity contribution is 7.91. The summed E-state index contributed by atoms with van der Waals surface area (Å²) in [6, 6.07) is 1.74. The van der Waals surface area contributed by atoms with Gasteiger partial charge >= 0.3 is 0 Å². The molecule has 1 fully saturated rings. The molecule has 2 heterocycles. The molecule has 1 atom stereocenters. The molecule has 1 unspecified atom stereocenters. The largest absolute Gasteiger partial charge is 0.361 e. The van der Waals surface area contributed by atoms with Crippen molar-refractivity contribution in [2.24, 2.45) is 5.73 Å². The molecule has 0 aromatic carbocycles. The third kappa shape index (κ3) is 1.80. The molecule has 1 aliphatic rings. The summed E-state index contributed by atoms with van der Waals surface area (Å²) in [5, 5.41) is 3.73. The molecule has 0 amide bonds. The fraction of sp³-hybridized carbons (Fsp3) is 0.625. The van der Waals surface area contributed by atoms with Crippen LogP contribution < -0.4 is 5.73 Å². The SMILES string of the molecule is NCc1cc(C2CCS(=O)(=O)C2)on1. The van der Waals surface area contributed by atoms with E-state index in [0.29, 0.717) is 24.4 Å². The molecular weight excluding hydrogens is 204 g/mol. The Hall–Kier alpha value is -0.880. The van der Waals surface area contributed by atoms with Gasteiger partial charge in [-0.05, 0) is 6.42 Å². The van der Waals surface area contributed by atoms with Crippen molar-refractivity contribution in [1.82, 2.24) is 5.16 Å². The second-order valence-corrected chi connectivity index (χ2v) is 5.75. The minimum Gasteiger partial charge on any atom is -0.361 e. The van der Waals surface area contributed by atoms with E-state index in [1.54, 1.807) is 6.07 Å². The van der Waals surface area contributed by atoms with E-state index in [1.165, 1.54) is 0 Å². The van der Waals surface area contributed by atoms with Crippen LogP contribution in [0, 0.1) is 0 Å². The maximum absolute atomic E-state index is 11.2. The van der Waals surface area contributed by atoms with Gasteiger partial charge in [0.05, 0.1) is 17.2 Å². The predicted octanol–water partition coefficient (Wildman–Crippen LogP) is 0.0354.